The van der Waals surface area contributed by atoms with Crippen molar-refractivity contribution in [3.63, 3.8) is 0 Å². The molecule has 1 aliphatic rings. The van der Waals surface area contributed by atoms with E-state index in [2.05, 4.69) is 0 Å². The lowest BCUT2D eigenvalue weighted by molar-refractivity contribution is -0.0735. The fourth-order valence-electron chi connectivity index (χ4n) is 2.70. The summed E-state index contributed by atoms with van der Waals surface area (Å²) in [5.41, 5.74) is 0. The van der Waals surface area contributed by atoms with Crippen molar-refractivity contribution in [1.82, 2.24) is 0 Å². The molecule has 0 aromatic rings. The quantitative estimate of drug-likeness (QED) is 0.665. The topological polar surface area (TPSA) is 71.1 Å². The van der Waals surface area contributed by atoms with Gasteiger partial charge in [-0.25, -0.2) is 9.59 Å². The monoisotopic (exact) mass is 344 g/mol. The molecular weight excluding hydrogens is 312 g/mol. The molecule has 1 aliphatic carbocycles. The van der Waals surface area contributed by atoms with Crippen LogP contribution in [0.1, 0.15) is 54.4 Å². The Labute approximate surface area is 145 Å². The normalized spacial score (nSPS) is 27.0. The van der Waals surface area contributed by atoms with Crippen LogP contribution in [-0.4, -0.2) is 37.7 Å². The van der Waals surface area contributed by atoms with Gasteiger partial charge in [-0.2, -0.15) is 0 Å². The van der Waals surface area contributed by atoms with Crippen LogP contribution in [0.25, 0.3) is 0 Å². The molecule has 1 fully saturated rings. The van der Waals surface area contributed by atoms with Crippen molar-refractivity contribution in [2.45, 2.75) is 66.6 Å². The SMILES string of the molecule is CC(C)COC(=O)OC1CC(OC(=O)OCC(C)C)C(C)CC1C. The molecule has 140 valence electrons. The van der Waals surface area contributed by atoms with E-state index in [0.717, 1.165) is 6.42 Å². The molecule has 4 atom stereocenters. The van der Waals surface area contributed by atoms with Gasteiger partial charge in [-0.15, -0.1) is 0 Å². The lowest BCUT2D eigenvalue weighted by Crippen LogP contribution is -2.41. The van der Waals surface area contributed by atoms with Crippen molar-refractivity contribution < 1.29 is 28.5 Å². The molecule has 6 nitrogen and oxygen atoms in total. The van der Waals surface area contributed by atoms with Crippen molar-refractivity contribution in [3.8, 4) is 0 Å². The zero-order chi connectivity index (χ0) is 18.3. The Morgan fingerprint density at radius 2 is 1.17 bits per heavy atom. The summed E-state index contributed by atoms with van der Waals surface area (Å²) in [6.07, 6.45) is -0.667. The van der Waals surface area contributed by atoms with E-state index in [1.165, 1.54) is 0 Å². The third-order valence-corrected chi connectivity index (χ3v) is 4.04. The molecule has 1 saturated carbocycles. The molecular formula is C18H32O6. The van der Waals surface area contributed by atoms with Crippen LogP contribution in [0.15, 0.2) is 0 Å². The van der Waals surface area contributed by atoms with Gasteiger partial charge in [0, 0.05) is 6.42 Å². The summed E-state index contributed by atoms with van der Waals surface area (Å²) in [5.74, 6) is 0.901. The van der Waals surface area contributed by atoms with Crippen LogP contribution in [-0.2, 0) is 18.9 Å². The minimum atomic E-state index is -0.656. The van der Waals surface area contributed by atoms with Gasteiger partial charge in [-0.1, -0.05) is 41.5 Å². The summed E-state index contributed by atoms with van der Waals surface area (Å²) in [6, 6.07) is 0. The third kappa shape index (κ3) is 7.41. The largest absolute Gasteiger partial charge is 0.508 e. The average Bonchev–Trinajstić information content (AvgIpc) is 2.48. The summed E-state index contributed by atoms with van der Waals surface area (Å²) in [4.78, 5) is 23.5. The van der Waals surface area contributed by atoms with Gasteiger partial charge in [-0.3, -0.25) is 0 Å². The number of hydrogen-bond donors (Lipinski definition) is 0. The molecule has 0 bridgehead atoms. The predicted molar refractivity (Wildman–Crippen MR) is 89.7 cm³/mol. The maximum absolute atomic E-state index is 11.8. The second kappa shape index (κ2) is 9.74. The van der Waals surface area contributed by atoms with E-state index in [9.17, 15) is 9.59 Å². The van der Waals surface area contributed by atoms with E-state index >= 15 is 0 Å². The molecule has 0 spiro atoms. The average molecular weight is 344 g/mol. The highest BCUT2D eigenvalue weighted by molar-refractivity contribution is 5.60. The highest BCUT2D eigenvalue weighted by atomic mass is 16.7. The van der Waals surface area contributed by atoms with Crippen LogP contribution < -0.4 is 0 Å². The van der Waals surface area contributed by atoms with E-state index in [1.807, 2.05) is 41.5 Å². The number of hydrogen-bond acceptors (Lipinski definition) is 6. The summed E-state index contributed by atoms with van der Waals surface area (Å²) >= 11 is 0. The highest BCUT2D eigenvalue weighted by Crippen LogP contribution is 2.33. The van der Waals surface area contributed by atoms with Gasteiger partial charge in [-0.05, 0) is 30.1 Å². The number of carbonyl (C=O) groups excluding carboxylic acids is 2. The molecule has 0 radical (unpaired) electrons. The number of rotatable bonds is 6. The van der Waals surface area contributed by atoms with Crippen LogP contribution in [0.2, 0.25) is 0 Å². The Morgan fingerprint density at radius 3 is 1.50 bits per heavy atom. The zero-order valence-electron chi connectivity index (χ0n) is 15.7. The zero-order valence-corrected chi connectivity index (χ0v) is 15.7. The van der Waals surface area contributed by atoms with Gasteiger partial charge < -0.3 is 18.9 Å². The predicted octanol–water partition coefficient (Wildman–Crippen LogP) is 4.41. The molecule has 0 heterocycles. The number of carbonyl (C=O) groups is 2. The van der Waals surface area contributed by atoms with E-state index < -0.39 is 12.3 Å². The molecule has 0 aromatic carbocycles. The van der Waals surface area contributed by atoms with Gasteiger partial charge in [0.15, 0.2) is 0 Å². The summed E-state index contributed by atoms with van der Waals surface area (Å²) in [5, 5.41) is 0. The Bertz CT molecular complexity index is 370. The van der Waals surface area contributed by atoms with Crippen LogP contribution in [0, 0.1) is 23.7 Å². The molecule has 1 rings (SSSR count). The fourth-order valence-corrected chi connectivity index (χ4v) is 2.70. The van der Waals surface area contributed by atoms with Crippen molar-refractivity contribution in [2.75, 3.05) is 13.2 Å². The van der Waals surface area contributed by atoms with Gasteiger partial charge >= 0.3 is 12.3 Å². The van der Waals surface area contributed by atoms with Gasteiger partial charge in [0.2, 0.25) is 0 Å². The maximum atomic E-state index is 11.8. The lowest BCUT2D eigenvalue weighted by Gasteiger charge is -2.37. The van der Waals surface area contributed by atoms with Crippen LogP contribution in [0.5, 0.6) is 0 Å². The fraction of sp³-hybridized carbons (Fsp3) is 0.889. The van der Waals surface area contributed by atoms with E-state index in [1.54, 1.807) is 0 Å². The maximum Gasteiger partial charge on any atom is 0.508 e. The van der Waals surface area contributed by atoms with Crippen molar-refractivity contribution in [3.05, 3.63) is 0 Å². The number of ether oxygens (including phenoxy) is 4. The second-order valence-electron chi connectivity index (χ2n) is 7.65. The second-order valence-corrected chi connectivity index (χ2v) is 7.65. The van der Waals surface area contributed by atoms with Crippen LogP contribution in [0.4, 0.5) is 9.59 Å². The van der Waals surface area contributed by atoms with Crippen molar-refractivity contribution >= 4 is 12.3 Å². The van der Waals surface area contributed by atoms with E-state index in [0.29, 0.717) is 19.6 Å². The standard InChI is InChI=1S/C18H32O6/c1-11(2)9-21-17(19)23-15-8-16(14(6)7-13(15)5)24-18(20)22-10-12(3)4/h11-16H,7-10H2,1-6H3. The molecule has 0 aromatic heterocycles. The molecule has 0 N–H and O–H groups in total. The first-order valence-corrected chi connectivity index (χ1v) is 8.85. The van der Waals surface area contributed by atoms with E-state index in [-0.39, 0.29) is 35.9 Å². The minimum absolute atomic E-state index is 0.193. The lowest BCUT2D eigenvalue weighted by atomic mass is 9.79. The van der Waals surface area contributed by atoms with Crippen LogP contribution >= 0.6 is 0 Å². The summed E-state index contributed by atoms with van der Waals surface area (Å²) in [6.45, 7) is 12.6. The minimum Gasteiger partial charge on any atom is -0.434 e. The van der Waals surface area contributed by atoms with Crippen molar-refractivity contribution in [2.24, 2.45) is 23.7 Å². The molecule has 0 amide bonds. The summed E-state index contributed by atoms with van der Waals surface area (Å²) < 4.78 is 21.0. The molecule has 24 heavy (non-hydrogen) atoms. The highest BCUT2D eigenvalue weighted by Gasteiger charge is 2.37. The smallest absolute Gasteiger partial charge is 0.434 e. The first kappa shape index (κ1) is 20.6. The van der Waals surface area contributed by atoms with Crippen LogP contribution in [0.3, 0.4) is 0 Å². The first-order valence-electron chi connectivity index (χ1n) is 8.85. The molecule has 0 saturated heterocycles. The van der Waals surface area contributed by atoms with Gasteiger partial charge in [0.25, 0.3) is 0 Å². The Hall–Kier alpha value is -1.46. The third-order valence-electron chi connectivity index (χ3n) is 4.04. The Morgan fingerprint density at radius 1 is 0.792 bits per heavy atom. The molecule has 0 aliphatic heterocycles. The van der Waals surface area contributed by atoms with E-state index in [4.69, 9.17) is 18.9 Å². The Kier molecular flexibility index (Phi) is 8.36. The Balaban J connectivity index is 2.50. The van der Waals surface area contributed by atoms with Gasteiger partial charge in [0.05, 0.1) is 13.2 Å². The summed E-state index contributed by atoms with van der Waals surface area (Å²) in [7, 11) is 0. The molecule has 6 heteroatoms. The first-order chi connectivity index (χ1) is 11.2. The molecule has 4 unspecified atom stereocenters. The van der Waals surface area contributed by atoms with Gasteiger partial charge in [0.1, 0.15) is 12.2 Å². The van der Waals surface area contributed by atoms with Crippen molar-refractivity contribution in [1.29, 1.82) is 0 Å².